The Bertz CT molecular complexity index is 85.9. The zero-order chi connectivity index (χ0) is 7.11. The normalized spacial score (nSPS) is 9.11. The van der Waals surface area contributed by atoms with Crippen molar-refractivity contribution in [3.63, 3.8) is 0 Å². The molecule has 0 fully saturated rings. The molecule has 0 aromatic carbocycles. The number of esters is 1. The van der Waals surface area contributed by atoms with E-state index < -0.39 is 0 Å². The van der Waals surface area contributed by atoms with E-state index in [0.717, 1.165) is 0 Å². The predicted molar refractivity (Wildman–Crippen MR) is 32.0 cm³/mol. The molecule has 0 bridgehead atoms. The summed E-state index contributed by atoms with van der Waals surface area (Å²) in [6, 6.07) is 0. The first kappa shape index (κ1) is 8.35. The molecule has 0 aliphatic carbocycles. The third-order valence-electron chi connectivity index (χ3n) is 0.634. The number of hydrogen-bond donors (Lipinski definition) is 3. The van der Waals surface area contributed by atoms with E-state index in [-0.39, 0.29) is 5.97 Å². The van der Waals surface area contributed by atoms with Gasteiger partial charge in [-0.1, -0.05) is 0 Å². The fourth-order valence-electron chi connectivity index (χ4n) is 0.318. The van der Waals surface area contributed by atoms with Crippen molar-refractivity contribution in [1.29, 1.82) is 0 Å². The Morgan fingerprint density at radius 2 is 2.44 bits per heavy atom. The highest BCUT2D eigenvalue weighted by atomic mass is 16.5. The highest BCUT2D eigenvalue weighted by molar-refractivity contribution is 5.65. The van der Waals surface area contributed by atoms with E-state index in [1.165, 1.54) is 6.92 Å². The summed E-state index contributed by atoms with van der Waals surface area (Å²) in [5, 5.41) is 0. The number of rotatable bonds is 4. The fourth-order valence-corrected chi connectivity index (χ4v) is 0.318. The lowest BCUT2D eigenvalue weighted by Gasteiger charge is -2.01. The summed E-state index contributed by atoms with van der Waals surface area (Å²) < 4.78 is 4.55. The van der Waals surface area contributed by atoms with Gasteiger partial charge in [-0.3, -0.25) is 10.6 Å². The van der Waals surface area contributed by atoms with Crippen molar-refractivity contribution in [2.75, 3.05) is 13.2 Å². The number of nitrogens with two attached hydrogens (primary N) is 1. The van der Waals surface area contributed by atoms with E-state index in [9.17, 15) is 4.79 Å². The Morgan fingerprint density at radius 3 is 2.89 bits per heavy atom. The van der Waals surface area contributed by atoms with Crippen molar-refractivity contribution in [2.45, 2.75) is 6.92 Å². The highest BCUT2D eigenvalue weighted by Crippen LogP contribution is 1.71. The zero-order valence-corrected chi connectivity index (χ0v) is 5.31. The summed E-state index contributed by atoms with van der Waals surface area (Å²) in [4.78, 5) is 10.1. The average molecular weight is 133 g/mol. The van der Waals surface area contributed by atoms with E-state index in [0.29, 0.717) is 13.2 Å². The minimum atomic E-state index is -0.283. The van der Waals surface area contributed by atoms with Crippen LogP contribution < -0.4 is 16.8 Å². The maximum Gasteiger partial charge on any atom is 0.302 e. The van der Waals surface area contributed by atoms with Gasteiger partial charge in [0, 0.05) is 13.5 Å². The molecule has 5 heteroatoms. The van der Waals surface area contributed by atoms with Gasteiger partial charge in [0.05, 0.1) is 0 Å². The summed E-state index contributed by atoms with van der Waals surface area (Å²) >= 11 is 0. The van der Waals surface area contributed by atoms with Gasteiger partial charge in [0.1, 0.15) is 6.61 Å². The molecule has 0 saturated heterocycles. The van der Waals surface area contributed by atoms with Crippen LogP contribution in [0.4, 0.5) is 0 Å². The second kappa shape index (κ2) is 5.49. The molecule has 0 rings (SSSR count). The molecule has 0 aliphatic heterocycles. The Balaban J connectivity index is 2.83. The van der Waals surface area contributed by atoms with Gasteiger partial charge in [0.25, 0.3) is 0 Å². The molecule has 0 spiro atoms. The first-order valence-electron chi connectivity index (χ1n) is 2.59. The van der Waals surface area contributed by atoms with Gasteiger partial charge in [-0.2, -0.15) is 5.53 Å². The molecule has 0 heterocycles. The van der Waals surface area contributed by atoms with Gasteiger partial charge < -0.3 is 4.74 Å². The van der Waals surface area contributed by atoms with Crippen LogP contribution in [-0.2, 0) is 9.53 Å². The van der Waals surface area contributed by atoms with Gasteiger partial charge in [-0.25, -0.2) is 5.43 Å². The van der Waals surface area contributed by atoms with Crippen LogP contribution >= 0.6 is 0 Å². The highest BCUT2D eigenvalue weighted by Gasteiger charge is 1.88. The smallest absolute Gasteiger partial charge is 0.302 e. The van der Waals surface area contributed by atoms with Crippen LogP contribution in [-0.4, -0.2) is 19.1 Å². The monoisotopic (exact) mass is 133 g/mol. The second-order valence-electron chi connectivity index (χ2n) is 1.41. The minimum absolute atomic E-state index is 0.283. The summed E-state index contributed by atoms with van der Waals surface area (Å²) in [6.07, 6.45) is 0. The third-order valence-corrected chi connectivity index (χ3v) is 0.634. The van der Waals surface area contributed by atoms with Crippen LogP contribution in [0, 0.1) is 0 Å². The number of carbonyl (C=O) groups is 1. The molecule has 9 heavy (non-hydrogen) atoms. The number of hydrogen-bond acceptors (Lipinski definition) is 5. The second-order valence-corrected chi connectivity index (χ2v) is 1.41. The first-order valence-corrected chi connectivity index (χ1v) is 2.59. The molecule has 0 radical (unpaired) electrons. The Kier molecular flexibility index (Phi) is 5.09. The Hall–Kier alpha value is -0.650. The topological polar surface area (TPSA) is 76.4 Å². The van der Waals surface area contributed by atoms with Crippen molar-refractivity contribution in [3.8, 4) is 0 Å². The molecule has 0 amide bonds. The van der Waals surface area contributed by atoms with Crippen LogP contribution in [0.15, 0.2) is 0 Å². The van der Waals surface area contributed by atoms with Crippen LogP contribution in [0.25, 0.3) is 0 Å². The van der Waals surface area contributed by atoms with Gasteiger partial charge in [-0.15, -0.1) is 0 Å². The van der Waals surface area contributed by atoms with E-state index in [1.807, 2.05) is 0 Å². The van der Waals surface area contributed by atoms with E-state index in [1.54, 1.807) is 0 Å². The van der Waals surface area contributed by atoms with Crippen LogP contribution in [0.2, 0.25) is 0 Å². The molecule has 0 aliphatic rings. The van der Waals surface area contributed by atoms with Crippen molar-refractivity contribution >= 4 is 5.97 Å². The summed E-state index contributed by atoms with van der Waals surface area (Å²) in [5.41, 5.74) is 4.75. The summed E-state index contributed by atoms with van der Waals surface area (Å²) in [5.74, 6) is 4.56. The quantitative estimate of drug-likeness (QED) is 0.189. The van der Waals surface area contributed by atoms with Crippen molar-refractivity contribution in [1.82, 2.24) is 11.0 Å². The fraction of sp³-hybridized carbons (Fsp3) is 0.750. The zero-order valence-electron chi connectivity index (χ0n) is 5.31. The first-order chi connectivity index (χ1) is 4.27. The Labute approximate surface area is 53.5 Å². The van der Waals surface area contributed by atoms with Crippen LogP contribution in [0.1, 0.15) is 6.92 Å². The lowest BCUT2D eigenvalue weighted by molar-refractivity contribution is -0.140. The van der Waals surface area contributed by atoms with Crippen molar-refractivity contribution < 1.29 is 9.53 Å². The summed E-state index contributed by atoms with van der Waals surface area (Å²) in [6.45, 7) is 2.20. The van der Waals surface area contributed by atoms with E-state index >= 15 is 0 Å². The molecule has 0 unspecified atom stereocenters. The molecule has 54 valence electrons. The molecule has 5 nitrogen and oxygen atoms in total. The molecule has 0 saturated carbocycles. The minimum Gasteiger partial charge on any atom is -0.464 e. The van der Waals surface area contributed by atoms with Crippen molar-refractivity contribution in [2.24, 2.45) is 5.84 Å². The average Bonchev–Trinajstić information content (AvgIpc) is 1.80. The largest absolute Gasteiger partial charge is 0.464 e. The molecule has 0 aromatic heterocycles. The van der Waals surface area contributed by atoms with Crippen LogP contribution in [0.5, 0.6) is 0 Å². The summed E-state index contributed by atoms with van der Waals surface area (Å²) in [7, 11) is 0. The SMILES string of the molecule is CC(=O)OCCNNN. The van der Waals surface area contributed by atoms with Crippen LogP contribution in [0.3, 0.4) is 0 Å². The number of hydrazine groups is 2. The molecule has 0 aromatic rings. The maximum absolute atomic E-state index is 10.1. The van der Waals surface area contributed by atoms with E-state index in [4.69, 9.17) is 5.84 Å². The van der Waals surface area contributed by atoms with E-state index in [2.05, 4.69) is 15.7 Å². The molecular formula is C4H11N3O2. The van der Waals surface area contributed by atoms with Gasteiger partial charge >= 0.3 is 5.97 Å². The number of carbonyl (C=O) groups excluding carboxylic acids is 1. The standard InChI is InChI=1S/C4H11N3O2/c1-4(8)9-3-2-6-7-5/h6-7H,2-3,5H2,1H3. The van der Waals surface area contributed by atoms with Crippen molar-refractivity contribution in [3.05, 3.63) is 0 Å². The molecular weight excluding hydrogens is 122 g/mol. The Morgan fingerprint density at radius 1 is 1.78 bits per heavy atom. The lowest BCUT2D eigenvalue weighted by Crippen LogP contribution is -2.39. The number of ether oxygens (including phenoxy) is 1. The number of nitrogens with one attached hydrogen (secondary N) is 2. The third kappa shape index (κ3) is 7.35. The predicted octanol–water partition coefficient (Wildman–Crippen LogP) is -1.48. The lowest BCUT2D eigenvalue weighted by atomic mass is 10.7. The van der Waals surface area contributed by atoms with Gasteiger partial charge in [-0.05, 0) is 0 Å². The maximum atomic E-state index is 10.1. The van der Waals surface area contributed by atoms with Gasteiger partial charge in [0.15, 0.2) is 0 Å². The van der Waals surface area contributed by atoms with Gasteiger partial charge in [0.2, 0.25) is 0 Å². The molecule has 4 N–H and O–H groups in total. The molecule has 0 atom stereocenters.